The van der Waals surface area contributed by atoms with E-state index < -0.39 is 34.7 Å². The molecule has 4 aliphatic carbocycles. The fourth-order valence-electron chi connectivity index (χ4n) is 6.99. The van der Waals surface area contributed by atoms with Gasteiger partial charge in [0.05, 0.1) is 12.2 Å². The van der Waals surface area contributed by atoms with Crippen LogP contribution in [-0.2, 0) is 14.3 Å². The van der Waals surface area contributed by atoms with Crippen molar-refractivity contribution in [2.45, 2.75) is 77.4 Å². The number of fused-ring (bicyclic) bond motifs is 5. The van der Waals surface area contributed by atoms with E-state index in [1.165, 1.54) is 12.2 Å². The molecule has 4 rings (SSSR count). The number of esters is 1. The number of aliphatic hydroxyl groups is 2. The van der Waals surface area contributed by atoms with Crippen LogP contribution in [0.5, 0.6) is 0 Å². The molecule has 0 heterocycles. The van der Waals surface area contributed by atoms with Crippen LogP contribution in [0.2, 0.25) is 0 Å². The quantitative estimate of drug-likeness (QED) is 0.689. The maximum Gasteiger partial charge on any atom is 0.338 e. The summed E-state index contributed by atoms with van der Waals surface area (Å²) in [7, 11) is 0. The number of carbonyl (C=O) groups excluding carboxylic acids is 2. The standard InChI is InChI=1S/C23H31FO5/c1-12(2)29-20(27)23(28)8-6-15-14-10-17(24)16-9-13(25)5-7-21(16,3)19(14)18(26)11-22(15,23)4/h5,7,9,12,14-15,17-19,26,28H,6,8,10-11H2,1-4H3. The summed E-state index contributed by atoms with van der Waals surface area (Å²) in [5, 5.41) is 22.7. The molecule has 0 amide bonds. The summed E-state index contributed by atoms with van der Waals surface area (Å²) in [6, 6.07) is 0. The molecule has 0 aromatic heterocycles. The fraction of sp³-hybridized carbons (Fsp3) is 0.739. The van der Waals surface area contributed by atoms with Crippen LogP contribution in [-0.4, -0.2) is 45.9 Å². The number of aliphatic hydroxyl groups excluding tert-OH is 1. The predicted octanol–water partition coefficient (Wildman–Crippen LogP) is 2.90. The largest absolute Gasteiger partial charge is 0.461 e. The smallest absolute Gasteiger partial charge is 0.338 e. The van der Waals surface area contributed by atoms with Crippen molar-refractivity contribution in [1.82, 2.24) is 0 Å². The van der Waals surface area contributed by atoms with E-state index >= 15 is 4.39 Å². The van der Waals surface area contributed by atoms with Crippen molar-refractivity contribution in [3.63, 3.8) is 0 Å². The fourth-order valence-corrected chi connectivity index (χ4v) is 6.99. The van der Waals surface area contributed by atoms with Crippen LogP contribution in [0.1, 0.15) is 53.4 Å². The van der Waals surface area contributed by atoms with Gasteiger partial charge in [-0.25, -0.2) is 9.18 Å². The third-order valence-electron chi connectivity index (χ3n) is 8.31. The molecule has 5 nitrogen and oxygen atoms in total. The first-order valence-electron chi connectivity index (χ1n) is 10.6. The Morgan fingerprint density at radius 3 is 2.69 bits per heavy atom. The van der Waals surface area contributed by atoms with Crippen LogP contribution in [0.3, 0.4) is 0 Å². The molecule has 0 aromatic rings. The highest BCUT2D eigenvalue weighted by atomic mass is 19.1. The number of ketones is 1. The van der Waals surface area contributed by atoms with Crippen LogP contribution < -0.4 is 0 Å². The molecule has 0 bridgehead atoms. The van der Waals surface area contributed by atoms with Crippen LogP contribution in [0.25, 0.3) is 0 Å². The second kappa shape index (κ2) is 6.48. The number of rotatable bonds is 2. The van der Waals surface area contributed by atoms with Crippen molar-refractivity contribution in [3.8, 4) is 0 Å². The van der Waals surface area contributed by atoms with E-state index in [4.69, 9.17) is 4.74 Å². The Bertz CT molecular complexity index is 803. The lowest BCUT2D eigenvalue weighted by Gasteiger charge is -2.59. The van der Waals surface area contributed by atoms with Gasteiger partial charge in [-0.15, -0.1) is 0 Å². The molecular weight excluding hydrogens is 375 g/mol. The van der Waals surface area contributed by atoms with Gasteiger partial charge in [0.1, 0.15) is 6.17 Å². The molecule has 4 aliphatic rings. The van der Waals surface area contributed by atoms with Gasteiger partial charge in [-0.2, -0.15) is 0 Å². The lowest BCUT2D eigenvalue weighted by atomic mass is 9.46. The molecule has 0 saturated heterocycles. The summed E-state index contributed by atoms with van der Waals surface area (Å²) in [5.41, 5.74) is -2.86. The van der Waals surface area contributed by atoms with Crippen molar-refractivity contribution in [2.24, 2.45) is 28.6 Å². The Morgan fingerprint density at radius 2 is 2.03 bits per heavy atom. The lowest BCUT2D eigenvalue weighted by Crippen LogP contribution is -2.62. The van der Waals surface area contributed by atoms with Crippen LogP contribution in [0.15, 0.2) is 23.8 Å². The van der Waals surface area contributed by atoms with Gasteiger partial charge >= 0.3 is 5.97 Å². The molecule has 160 valence electrons. The van der Waals surface area contributed by atoms with E-state index in [1.54, 1.807) is 19.9 Å². The number of halogens is 1. The zero-order valence-corrected chi connectivity index (χ0v) is 17.5. The maximum atomic E-state index is 15.3. The Labute approximate surface area is 171 Å². The van der Waals surface area contributed by atoms with Crippen molar-refractivity contribution in [3.05, 3.63) is 23.8 Å². The summed E-state index contributed by atoms with van der Waals surface area (Å²) in [4.78, 5) is 24.7. The first-order valence-corrected chi connectivity index (χ1v) is 10.6. The molecule has 29 heavy (non-hydrogen) atoms. The van der Waals surface area contributed by atoms with E-state index in [9.17, 15) is 19.8 Å². The highest BCUT2D eigenvalue weighted by Gasteiger charge is 2.69. The van der Waals surface area contributed by atoms with Crippen LogP contribution >= 0.6 is 0 Å². The average molecular weight is 406 g/mol. The number of carbonyl (C=O) groups is 2. The first-order chi connectivity index (χ1) is 13.4. The highest BCUT2D eigenvalue weighted by molar-refractivity contribution is 6.01. The number of alkyl halides is 1. The lowest BCUT2D eigenvalue weighted by molar-refractivity contribution is -0.201. The zero-order chi connectivity index (χ0) is 21.4. The van der Waals surface area contributed by atoms with Gasteiger partial charge in [-0.05, 0) is 69.1 Å². The zero-order valence-electron chi connectivity index (χ0n) is 17.5. The molecule has 8 atom stereocenters. The summed E-state index contributed by atoms with van der Waals surface area (Å²) in [5.74, 6) is -1.43. The van der Waals surface area contributed by atoms with Crippen molar-refractivity contribution in [1.29, 1.82) is 0 Å². The molecule has 0 radical (unpaired) electrons. The average Bonchev–Trinajstić information content (AvgIpc) is 2.88. The molecular formula is C23H31FO5. The van der Waals surface area contributed by atoms with Gasteiger partial charge in [-0.1, -0.05) is 19.9 Å². The van der Waals surface area contributed by atoms with Gasteiger partial charge in [0.2, 0.25) is 0 Å². The molecule has 8 unspecified atom stereocenters. The van der Waals surface area contributed by atoms with Crippen molar-refractivity contribution < 1.29 is 28.9 Å². The molecule has 0 aliphatic heterocycles. The third kappa shape index (κ3) is 2.71. The van der Waals surface area contributed by atoms with E-state index in [1.807, 2.05) is 13.8 Å². The normalized spacial score (nSPS) is 48.6. The van der Waals surface area contributed by atoms with Gasteiger partial charge in [-0.3, -0.25) is 4.79 Å². The van der Waals surface area contributed by atoms with E-state index in [2.05, 4.69) is 0 Å². The van der Waals surface area contributed by atoms with Gasteiger partial charge in [0.25, 0.3) is 0 Å². The molecule has 0 aromatic carbocycles. The van der Waals surface area contributed by atoms with Gasteiger partial charge < -0.3 is 14.9 Å². The second-order valence-electron chi connectivity index (χ2n) is 10.2. The molecule has 6 heteroatoms. The maximum absolute atomic E-state index is 15.3. The minimum Gasteiger partial charge on any atom is -0.461 e. The van der Waals surface area contributed by atoms with Crippen molar-refractivity contribution in [2.75, 3.05) is 0 Å². The summed E-state index contributed by atoms with van der Waals surface area (Å²) < 4.78 is 20.6. The SMILES string of the molecule is CC(C)OC(=O)C1(O)CCC2C3CC(F)C4=CC(=O)C=CC4(C)C3C(O)CC21C. The van der Waals surface area contributed by atoms with E-state index in [0.29, 0.717) is 12.0 Å². The molecule has 3 saturated carbocycles. The summed E-state index contributed by atoms with van der Waals surface area (Å²) in [6.07, 6.45) is 3.41. The van der Waals surface area contributed by atoms with Crippen LogP contribution in [0, 0.1) is 28.6 Å². The topological polar surface area (TPSA) is 83.8 Å². The first kappa shape index (κ1) is 20.7. The van der Waals surface area contributed by atoms with Crippen molar-refractivity contribution >= 4 is 11.8 Å². The number of hydrogen-bond donors (Lipinski definition) is 2. The van der Waals surface area contributed by atoms with Gasteiger partial charge in [0, 0.05) is 16.7 Å². The minimum absolute atomic E-state index is 0.108. The van der Waals surface area contributed by atoms with Crippen LogP contribution in [0.4, 0.5) is 4.39 Å². The molecule has 3 fully saturated rings. The summed E-state index contributed by atoms with van der Waals surface area (Å²) >= 11 is 0. The molecule has 2 N–H and O–H groups in total. The third-order valence-corrected chi connectivity index (χ3v) is 8.31. The Balaban J connectivity index is 1.73. The Kier molecular flexibility index (Phi) is 4.63. The highest BCUT2D eigenvalue weighted by Crippen LogP contribution is 2.67. The monoisotopic (exact) mass is 406 g/mol. The van der Waals surface area contributed by atoms with E-state index in [-0.39, 0.29) is 48.9 Å². The number of hydrogen-bond acceptors (Lipinski definition) is 5. The minimum atomic E-state index is -1.69. The second-order valence-corrected chi connectivity index (χ2v) is 10.2. The Morgan fingerprint density at radius 1 is 1.34 bits per heavy atom. The number of ether oxygens (including phenoxy) is 1. The van der Waals surface area contributed by atoms with E-state index in [0.717, 1.165) is 0 Å². The van der Waals surface area contributed by atoms with Gasteiger partial charge in [0.15, 0.2) is 11.4 Å². The predicted molar refractivity (Wildman–Crippen MR) is 104 cm³/mol. The Hall–Kier alpha value is -1.53. The number of allylic oxidation sites excluding steroid dienone is 4. The summed E-state index contributed by atoms with van der Waals surface area (Å²) in [6.45, 7) is 7.21. The molecule has 0 spiro atoms.